The summed E-state index contributed by atoms with van der Waals surface area (Å²) in [5, 5.41) is 3.37. The summed E-state index contributed by atoms with van der Waals surface area (Å²) < 4.78 is -0.889. The van der Waals surface area contributed by atoms with Gasteiger partial charge in [-0.2, -0.15) is 0 Å². The first-order valence-corrected chi connectivity index (χ1v) is 6.64. The van der Waals surface area contributed by atoms with Crippen LogP contribution in [0, 0.1) is 13.8 Å². The summed E-state index contributed by atoms with van der Waals surface area (Å²) in [6.45, 7) is 8.81. The van der Waals surface area contributed by atoms with Crippen LogP contribution in [0.4, 0.5) is 10.5 Å². The van der Waals surface area contributed by atoms with Gasteiger partial charge < -0.3 is 10.2 Å². The van der Waals surface area contributed by atoms with Crippen molar-refractivity contribution < 1.29 is 4.79 Å². The van der Waals surface area contributed by atoms with Crippen molar-refractivity contribution in [2.24, 2.45) is 0 Å². The molecular formula is C13H18Cl2N2O. The number of nitrogens with zero attached hydrogens (tertiary/aromatic N) is 1. The Kier molecular flexibility index (Phi) is 6.47. The second-order valence-electron chi connectivity index (χ2n) is 4.23. The van der Waals surface area contributed by atoms with Crippen molar-refractivity contribution in [3.05, 3.63) is 29.3 Å². The molecule has 0 spiro atoms. The van der Waals surface area contributed by atoms with Crippen LogP contribution in [0.3, 0.4) is 0 Å². The SMILES string of the molecule is Cc1ccc(N2CCNCC2)cc1C.O=C(Cl)Cl. The highest BCUT2D eigenvalue weighted by Gasteiger charge is 2.10. The van der Waals surface area contributed by atoms with Crippen molar-refractivity contribution >= 4 is 33.6 Å². The van der Waals surface area contributed by atoms with E-state index in [9.17, 15) is 0 Å². The maximum Gasteiger partial charge on any atom is 0.313 e. The summed E-state index contributed by atoms with van der Waals surface area (Å²) in [7, 11) is 0. The zero-order chi connectivity index (χ0) is 13.5. The molecule has 5 heteroatoms. The minimum Gasteiger partial charge on any atom is -0.369 e. The molecule has 1 fully saturated rings. The van der Waals surface area contributed by atoms with E-state index in [4.69, 9.17) is 4.79 Å². The molecule has 1 aliphatic heterocycles. The topological polar surface area (TPSA) is 32.3 Å². The molecule has 0 aromatic heterocycles. The van der Waals surface area contributed by atoms with Gasteiger partial charge in [-0.05, 0) is 60.3 Å². The predicted molar refractivity (Wildman–Crippen MR) is 78.1 cm³/mol. The van der Waals surface area contributed by atoms with Crippen molar-refractivity contribution in [2.75, 3.05) is 31.1 Å². The lowest BCUT2D eigenvalue weighted by molar-refractivity contribution is 0.275. The fourth-order valence-corrected chi connectivity index (χ4v) is 1.85. The minimum atomic E-state index is -0.889. The Bertz CT molecular complexity index is 400. The molecule has 1 aromatic rings. The number of anilines is 1. The molecule has 3 nitrogen and oxygen atoms in total. The van der Waals surface area contributed by atoms with Gasteiger partial charge >= 0.3 is 4.70 Å². The van der Waals surface area contributed by atoms with Crippen LogP contribution in [0.1, 0.15) is 11.1 Å². The van der Waals surface area contributed by atoms with Gasteiger partial charge in [0.25, 0.3) is 0 Å². The maximum absolute atomic E-state index is 8.98. The van der Waals surface area contributed by atoms with Crippen LogP contribution in [-0.4, -0.2) is 30.9 Å². The van der Waals surface area contributed by atoms with Crippen LogP contribution >= 0.6 is 23.2 Å². The van der Waals surface area contributed by atoms with Gasteiger partial charge in [-0.3, -0.25) is 4.79 Å². The molecule has 0 bridgehead atoms. The molecule has 0 saturated carbocycles. The van der Waals surface area contributed by atoms with Gasteiger partial charge in [0, 0.05) is 31.9 Å². The van der Waals surface area contributed by atoms with Crippen molar-refractivity contribution in [3.63, 3.8) is 0 Å². The third-order valence-corrected chi connectivity index (χ3v) is 2.97. The number of piperazine rings is 1. The maximum atomic E-state index is 8.98. The van der Waals surface area contributed by atoms with Gasteiger partial charge in [-0.25, -0.2) is 0 Å². The van der Waals surface area contributed by atoms with Gasteiger partial charge in [0.1, 0.15) is 0 Å². The largest absolute Gasteiger partial charge is 0.369 e. The minimum absolute atomic E-state index is 0.889. The molecule has 2 rings (SSSR count). The Balaban J connectivity index is 0.000000357. The van der Waals surface area contributed by atoms with Crippen LogP contribution in [-0.2, 0) is 0 Å². The van der Waals surface area contributed by atoms with Crippen LogP contribution in [0.2, 0.25) is 0 Å². The number of carbonyl (C=O) groups is 1. The third kappa shape index (κ3) is 5.25. The molecule has 0 atom stereocenters. The first kappa shape index (κ1) is 15.3. The molecule has 0 radical (unpaired) electrons. The van der Waals surface area contributed by atoms with Crippen molar-refractivity contribution in [1.29, 1.82) is 0 Å². The zero-order valence-electron chi connectivity index (χ0n) is 10.7. The van der Waals surface area contributed by atoms with E-state index in [0.717, 1.165) is 26.2 Å². The number of benzene rings is 1. The Morgan fingerprint density at radius 2 is 1.72 bits per heavy atom. The number of aryl methyl sites for hydroxylation is 2. The molecule has 1 N–H and O–H groups in total. The fraction of sp³-hybridized carbons (Fsp3) is 0.462. The Morgan fingerprint density at radius 1 is 1.17 bits per heavy atom. The standard InChI is InChI=1S/C12H18N2.CCl2O/c1-10-3-4-12(9-11(10)2)14-7-5-13-6-8-14;2-1(3)4/h3-4,9,13H,5-8H2,1-2H3;. The van der Waals surface area contributed by atoms with E-state index >= 15 is 0 Å². The molecule has 1 aliphatic rings. The first-order chi connectivity index (χ1) is 8.50. The van der Waals surface area contributed by atoms with Crippen LogP contribution in [0.15, 0.2) is 18.2 Å². The van der Waals surface area contributed by atoms with E-state index in [-0.39, 0.29) is 0 Å². The number of rotatable bonds is 1. The van der Waals surface area contributed by atoms with Gasteiger partial charge in [-0.1, -0.05) is 6.07 Å². The lowest BCUT2D eigenvalue weighted by atomic mass is 10.1. The monoisotopic (exact) mass is 288 g/mol. The summed E-state index contributed by atoms with van der Waals surface area (Å²) >= 11 is 8.80. The summed E-state index contributed by atoms with van der Waals surface area (Å²) in [5.41, 5.74) is 4.14. The number of carbonyl (C=O) groups excluding carboxylic acids is 1. The summed E-state index contributed by atoms with van der Waals surface area (Å²) in [6, 6.07) is 6.74. The average molecular weight is 289 g/mol. The highest BCUT2D eigenvalue weighted by atomic mass is 35.5. The lowest BCUT2D eigenvalue weighted by Crippen LogP contribution is -2.43. The van der Waals surface area contributed by atoms with E-state index in [2.05, 4.69) is 65.5 Å². The predicted octanol–water partition coefficient (Wildman–Crippen LogP) is 3.30. The first-order valence-electron chi connectivity index (χ1n) is 5.88. The molecule has 0 amide bonds. The van der Waals surface area contributed by atoms with Crippen molar-refractivity contribution in [1.82, 2.24) is 5.32 Å². The number of hydrogen-bond acceptors (Lipinski definition) is 3. The van der Waals surface area contributed by atoms with Crippen molar-refractivity contribution in [3.8, 4) is 0 Å². The molecule has 1 heterocycles. The molecule has 1 saturated heterocycles. The molecule has 0 unspecified atom stereocenters. The number of nitrogens with one attached hydrogen (secondary N) is 1. The van der Waals surface area contributed by atoms with E-state index in [1.807, 2.05) is 0 Å². The van der Waals surface area contributed by atoms with Gasteiger partial charge in [-0.15, -0.1) is 0 Å². The third-order valence-electron chi connectivity index (χ3n) is 2.97. The van der Waals surface area contributed by atoms with E-state index in [1.165, 1.54) is 16.8 Å². The summed E-state index contributed by atoms with van der Waals surface area (Å²) in [6.07, 6.45) is 0. The Morgan fingerprint density at radius 3 is 2.22 bits per heavy atom. The van der Waals surface area contributed by atoms with E-state index in [1.54, 1.807) is 0 Å². The highest BCUT2D eigenvalue weighted by Crippen LogP contribution is 2.18. The van der Waals surface area contributed by atoms with E-state index < -0.39 is 4.70 Å². The lowest BCUT2D eigenvalue weighted by Gasteiger charge is -2.29. The molecule has 0 aliphatic carbocycles. The normalized spacial score (nSPS) is 14.8. The molecular weight excluding hydrogens is 271 g/mol. The molecule has 18 heavy (non-hydrogen) atoms. The van der Waals surface area contributed by atoms with Crippen LogP contribution in [0.5, 0.6) is 0 Å². The van der Waals surface area contributed by atoms with Gasteiger partial charge in [0.15, 0.2) is 0 Å². The average Bonchev–Trinajstić information content (AvgIpc) is 2.33. The van der Waals surface area contributed by atoms with E-state index in [0.29, 0.717) is 0 Å². The number of halogens is 2. The summed E-state index contributed by atoms with van der Waals surface area (Å²) in [5.74, 6) is 0. The Labute approximate surface area is 118 Å². The van der Waals surface area contributed by atoms with Crippen LogP contribution < -0.4 is 10.2 Å². The smallest absolute Gasteiger partial charge is 0.313 e. The molecule has 1 aromatic carbocycles. The fourth-order valence-electron chi connectivity index (χ4n) is 1.85. The summed E-state index contributed by atoms with van der Waals surface area (Å²) in [4.78, 5) is 11.4. The highest BCUT2D eigenvalue weighted by molar-refractivity contribution is 6.93. The quantitative estimate of drug-likeness (QED) is 0.805. The Hall–Kier alpha value is -0.770. The van der Waals surface area contributed by atoms with Crippen LogP contribution in [0.25, 0.3) is 0 Å². The number of hydrogen-bond donors (Lipinski definition) is 1. The second-order valence-corrected chi connectivity index (χ2v) is 5.11. The van der Waals surface area contributed by atoms with Crippen molar-refractivity contribution in [2.45, 2.75) is 13.8 Å². The zero-order valence-corrected chi connectivity index (χ0v) is 12.2. The van der Waals surface area contributed by atoms with Gasteiger partial charge in [0.05, 0.1) is 0 Å². The molecule has 100 valence electrons. The van der Waals surface area contributed by atoms with Gasteiger partial charge in [0.2, 0.25) is 0 Å². The second kappa shape index (κ2) is 7.62.